The van der Waals surface area contributed by atoms with Gasteiger partial charge in [-0.05, 0) is 49.9 Å². The van der Waals surface area contributed by atoms with Gasteiger partial charge in [0.05, 0.1) is 0 Å². The van der Waals surface area contributed by atoms with Crippen LogP contribution in [0.3, 0.4) is 0 Å². The van der Waals surface area contributed by atoms with Gasteiger partial charge in [-0.3, -0.25) is 14.4 Å². The average molecular weight is 358 g/mol. The van der Waals surface area contributed by atoms with Gasteiger partial charge in [0.25, 0.3) is 0 Å². The van der Waals surface area contributed by atoms with Gasteiger partial charge in [-0.1, -0.05) is 27.7 Å². The van der Waals surface area contributed by atoms with Crippen LogP contribution < -0.4 is 5.32 Å². The molecule has 0 spiro atoms. The molecule has 0 aliphatic carbocycles. The Balaban J connectivity index is 2.80. The molecule has 1 aromatic carbocycles. The quantitative estimate of drug-likeness (QED) is 0.566. The molecule has 1 N–H and O–H groups in total. The fraction of sp³-hybridized carbons (Fsp3) is 0.476. The summed E-state index contributed by atoms with van der Waals surface area (Å²) in [5, 5.41) is 2.72. The van der Waals surface area contributed by atoms with E-state index >= 15 is 0 Å². The molecular weight excluding hydrogens is 328 g/mol. The summed E-state index contributed by atoms with van der Waals surface area (Å²) in [6.07, 6.45) is 1.33. The van der Waals surface area contributed by atoms with Gasteiger partial charge in [-0.2, -0.15) is 0 Å². The van der Waals surface area contributed by atoms with Crippen molar-refractivity contribution in [1.29, 1.82) is 0 Å². The minimum Gasteiger partial charge on any atom is -0.338 e. The first-order valence-corrected chi connectivity index (χ1v) is 8.99. The second kappa shape index (κ2) is 9.90. The van der Waals surface area contributed by atoms with E-state index in [0.29, 0.717) is 41.7 Å². The third-order valence-corrected chi connectivity index (χ3v) is 3.70. The summed E-state index contributed by atoms with van der Waals surface area (Å²) in [6, 6.07) is 6.66. The maximum absolute atomic E-state index is 12.7. The van der Waals surface area contributed by atoms with E-state index in [1.54, 1.807) is 36.1 Å². The smallest absolute Gasteiger partial charge is 0.249 e. The number of carbonyl (C=O) groups excluding carboxylic acids is 3. The molecule has 0 aromatic heterocycles. The van der Waals surface area contributed by atoms with Crippen LogP contribution in [-0.2, 0) is 9.59 Å². The molecule has 1 aromatic rings. The summed E-state index contributed by atoms with van der Waals surface area (Å²) in [6.45, 7) is 12.7. The number of ketones is 1. The first-order valence-electron chi connectivity index (χ1n) is 8.99. The summed E-state index contributed by atoms with van der Waals surface area (Å²) < 4.78 is 0. The zero-order valence-electron chi connectivity index (χ0n) is 16.6. The Bertz CT molecular complexity index is 663. The van der Waals surface area contributed by atoms with E-state index in [4.69, 9.17) is 0 Å². The maximum Gasteiger partial charge on any atom is 0.249 e. The molecule has 0 unspecified atom stereocenters. The lowest BCUT2D eigenvalue weighted by molar-refractivity contribution is -0.128. The number of rotatable bonds is 8. The number of hydrogen-bond acceptors (Lipinski definition) is 3. The topological polar surface area (TPSA) is 66.5 Å². The largest absolute Gasteiger partial charge is 0.338 e. The molecule has 0 bridgehead atoms. The number of nitrogens with zero attached hydrogens (tertiary/aromatic N) is 1. The Kier molecular flexibility index (Phi) is 8.23. The fourth-order valence-electron chi connectivity index (χ4n) is 2.60. The SMILES string of the molecule is CC(=O)c1ccc(NC(=O)/C=C(/C)C(=O)N(CC(C)C)CC(C)C)cc1. The molecule has 2 amide bonds. The fourth-order valence-corrected chi connectivity index (χ4v) is 2.60. The van der Waals surface area contributed by atoms with Gasteiger partial charge in [0.2, 0.25) is 11.8 Å². The number of hydrogen-bond donors (Lipinski definition) is 1. The van der Waals surface area contributed by atoms with Gasteiger partial charge in [0.1, 0.15) is 0 Å². The molecule has 5 heteroatoms. The summed E-state index contributed by atoms with van der Waals surface area (Å²) in [5.74, 6) is 0.216. The maximum atomic E-state index is 12.7. The molecule has 0 atom stereocenters. The van der Waals surface area contributed by atoms with Crippen LogP contribution in [0.25, 0.3) is 0 Å². The first kappa shape index (κ1) is 21.6. The van der Waals surface area contributed by atoms with Crippen LogP contribution in [0, 0.1) is 11.8 Å². The highest BCUT2D eigenvalue weighted by molar-refractivity contribution is 6.06. The standard InChI is InChI=1S/C21H30N2O3/c1-14(2)12-23(13-15(3)4)21(26)16(5)11-20(25)22-19-9-7-18(8-10-19)17(6)24/h7-11,14-15H,12-13H2,1-6H3,(H,22,25)/b16-11-. The Morgan fingerprint density at radius 2 is 1.46 bits per heavy atom. The van der Waals surface area contributed by atoms with E-state index in [9.17, 15) is 14.4 Å². The van der Waals surface area contributed by atoms with Crippen LogP contribution in [0.2, 0.25) is 0 Å². The molecule has 0 radical (unpaired) electrons. The second-order valence-corrected chi connectivity index (χ2v) is 7.45. The van der Waals surface area contributed by atoms with Crippen molar-refractivity contribution in [2.45, 2.75) is 41.5 Å². The first-order chi connectivity index (χ1) is 12.1. The lowest BCUT2D eigenvalue weighted by Crippen LogP contribution is -2.37. The van der Waals surface area contributed by atoms with Gasteiger partial charge in [0, 0.05) is 36.0 Å². The number of anilines is 1. The van der Waals surface area contributed by atoms with Crippen LogP contribution in [0.4, 0.5) is 5.69 Å². The van der Waals surface area contributed by atoms with Crippen molar-refractivity contribution in [3.63, 3.8) is 0 Å². The molecule has 0 heterocycles. The van der Waals surface area contributed by atoms with Crippen LogP contribution in [0.5, 0.6) is 0 Å². The molecule has 0 aliphatic heterocycles. The molecule has 0 aliphatic rings. The van der Waals surface area contributed by atoms with Crippen molar-refractivity contribution >= 4 is 23.3 Å². The highest BCUT2D eigenvalue weighted by Gasteiger charge is 2.18. The summed E-state index contributed by atoms with van der Waals surface area (Å²) in [4.78, 5) is 37.9. The van der Waals surface area contributed by atoms with E-state index in [1.165, 1.54) is 13.0 Å². The normalized spacial score (nSPS) is 11.6. The van der Waals surface area contributed by atoms with E-state index in [1.807, 2.05) is 0 Å². The second-order valence-electron chi connectivity index (χ2n) is 7.45. The lowest BCUT2D eigenvalue weighted by atomic mass is 10.1. The third kappa shape index (κ3) is 7.21. The van der Waals surface area contributed by atoms with Crippen molar-refractivity contribution in [2.75, 3.05) is 18.4 Å². The van der Waals surface area contributed by atoms with Crippen LogP contribution in [0.15, 0.2) is 35.9 Å². The Morgan fingerprint density at radius 1 is 0.962 bits per heavy atom. The van der Waals surface area contributed by atoms with E-state index in [-0.39, 0.29) is 17.6 Å². The zero-order valence-corrected chi connectivity index (χ0v) is 16.6. The predicted octanol–water partition coefficient (Wildman–Crippen LogP) is 3.91. The molecular formula is C21H30N2O3. The van der Waals surface area contributed by atoms with Gasteiger partial charge in [-0.25, -0.2) is 0 Å². The van der Waals surface area contributed by atoms with Crippen molar-refractivity contribution in [2.24, 2.45) is 11.8 Å². The molecule has 5 nitrogen and oxygen atoms in total. The number of benzene rings is 1. The number of carbonyl (C=O) groups is 3. The molecule has 0 saturated carbocycles. The Labute approximate surface area is 156 Å². The van der Waals surface area contributed by atoms with Crippen molar-refractivity contribution in [3.05, 3.63) is 41.5 Å². The van der Waals surface area contributed by atoms with Gasteiger partial charge in [-0.15, -0.1) is 0 Å². The van der Waals surface area contributed by atoms with Gasteiger partial charge < -0.3 is 10.2 Å². The van der Waals surface area contributed by atoms with Gasteiger partial charge in [0.15, 0.2) is 5.78 Å². The van der Waals surface area contributed by atoms with E-state index in [0.717, 1.165) is 0 Å². The van der Waals surface area contributed by atoms with E-state index < -0.39 is 0 Å². The van der Waals surface area contributed by atoms with Crippen LogP contribution >= 0.6 is 0 Å². The predicted molar refractivity (Wildman–Crippen MR) is 105 cm³/mol. The van der Waals surface area contributed by atoms with Crippen molar-refractivity contribution in [3.8, 4) is 0 Å². The number of Topliss-reactive ketones (excluding diaryl/α,β-unsaturated/α-hetero) is 1. The monoisotopic (exact) mass is 358 g/mol. The molecule has 0 saturated heterocycles. The summed E-state index contributed by atoms with van der Waals surface area (Å²) >= 11 is 0. The number of nitrogens with one attached hydrogen (secondary N) is 1. The molecule has 26 heavy (non-hydrogen) atoms. The third-order valence-electron chi connectivity index (χ3n) is 3.70. The summed E-state index contributed by atoms with van der Waals surface area (Å²) in [7, 11) is 0. The minimum atomic E-state index is -0.361. The van der Waals surface area contributed by atoms with Gasteiger partial charge >= 0.3 is 0 Å². The Morgan fingerprint density at radius 3 is 1.88 bits per heavy atom. The van der Waals surface area contributed by atoms with Crippen LogP contribution in [-0.4, -0.2) is 35.6 Å². The van der Waals surface area contributed by atoms with Crippen molar-refractivity contribution < 1.29 is 14.4 Å². The molecule has 1 rings (SSSR count). The molecule has 142 valence electrons. The minimum absolute atomic E-state index is 0.0281. The lowest BCUT2D eigenvalue weighted by Gasteiger charge is -2.26. The highest BCUT2D eigenvalue weighted by Crippen LogP contribution is 2.12. The highest BCUT2D eigenvalue weighted by atomic mass is 16.2. The number of amides is 2. The van der Waals surface area contributed by atoms with Crippen LogP contribution in [0.1, 0.15) is 51.9 Å². The summed E-state index contributed by atoms with van der Waals surface area (Å²) in [5.41, 5.74) is 1.57. The molecule has 0 fully saturated rings. The Hall–Kier alpha value is -2.43. The average Bonchev–Trinajstić information content (AvgIpc) is 2.52. The van der Waals surface area contributed by atoms with Crippen molar-refractivity contribution in [1.82, 2.24) is 4.90 Å². The zero-order chi connectivity index (χ0) is 19.9. The van der Waals surface area contributed by atoms with E-state index in [2.05, 4.69) is 33.0 Å².